The lowest BCUT2D eigenvalue weighted by atomic mass is 10.1. The monoisotopic (exact) mass is 429 g/mol. The minimum absolute atomic E-state index is 0.0572. The Balaban J connectivity index is 2.35. The molecule has 2 heterocycles. The van der Waals surface area contributed by atoms with Crippen LogP contribution in [0.15, 0.2) is 29.6 Å². The molecule has 0 saturated carbocycles. The van der Waals surface area contributed by atoms with Crippen LogP contribution < -0.4 is 5.73 Å². The highest BCUT2D eigenvalue weighted by Crippen LogP contribution is 2.38. The van der Waals surface area contributed by atoms with Crippen molar-refractivity contribution in [1.29, 1.82) is 0 Å². The van der Waals surface area contributed by atoms with E-state index in [0.717, 1.165) is 21.8 Å². The third-order valence-corrected chi connectivity index (χ3v) is 6.01. The van der Waals surface area contributed by atoms with Gasteiger partial charge in [0.1, 0.15) is 0 Å². The molecule has 2 N–H and O–H groups in total. The zero-order valence-electron chi connectivity index (χ0n) is 7.34. The average molecular weight is 432 g/mol. The van der Waals surface area contributed by atoms with E-state index in [9.17, 15) is 0 Å². The first-order valence-electron chi connectivity index (χ1n) is 4.03. The molecule has 80 valence electrons. The van der Waals surface area contributed by atoms with E-state index in [4.69, 9.17) is 5.73 Å². The Bertz CT molecular complexity index is 477. The van der Waals surface area contributed by atoms with Crippen molar-refractivity contribution in [2.75, 3.05) is 0 Å². The molecule has 1 atom stereocenters. The Morgan fingerprint density at radius 1 is 1.07 bits per heavy atom. The summed E-state index contributed by atoms with van der Waals surface area (Å²) >= 11 is 13.7. The van der Waals surface area contributed by atoms with Crippen molar-refractivity contribution in [3.05, 3.63) is 40.0 Å². The molecule has 0 bridgehead atoms. The third-order valence-electron chi connectivity index (χ3n) is 1.92. The number of thiophene rings is 2. The lowest BCUT2D eigenvalue weighted by Gasteiger charge is -2.07. The first kappa shape index (κ1) is 12.3. The van der Waals surface area contributed by atoms with Crippen LogP contribution >= 0.6 is 70.5 Å². The number of halogens is 3. The maximum atomic E-state index is 6.19. The van der Waals surface area contributed by atoms with E-state index >= 15 is 0 Å². The van der Waals surface area contributed by atoms with Crippen LogP contribution in [0.3, 0.4) is 0 Å². The summed E-state index contributed by atoms with van der Waals surface area (Å²) in [4.78, 5) is 1.16. The van der Waals surface area contributed by atoms with Gasteiger partial charge in [0.05, 0.1) is 17.4 Å². The molecule has 0 aliphatic carbocycles. The summed E-state index contributed by atoms with van der Waals surface area (Å²) in [6.07, 6.45) is 0. The zero-order valence-corrected chi connectivity index (χ0v) is 13.7. The van der Waals surface area contributed by atoms with Crippen LogP contribution in [0, 0.1) is 0 Å². The molecule has 0 aliphatic rings. The first-order valence-corrected chi connectivity index (χ1v) is 8.04. The van der Waals surface area contributed by atoms with Crippen LogP contribution in [0.5, 0.6) is 0 Å². The van der Waals surface area contributed by atoms with E-state index in [1.165, 1.54) is 0 Å². The zero-order chi connectivity index (χ0) is 11.0. The standard InChI is InChI=1S/C9H6Br3NS2/c10-6-2-1-5(14-6)8(13)4-3-7(11)15-9(4)12/h1-3,8H,13H2. The molecule has 0 amide bonds. The molecule has 0 fully saturated rings. The minimum atomic E-state index is -0.0572. The van der Waals surface area contributed by atoms with Crippen molar-refractivity contribution < 1.29 is 0 Å². The topological polar surface area (TPSA) is 26.0 Å². The van der Waals surface area contributed by atoms with Gasteiger partial charge in [0.2, 0.25) is 0 Å². The summed E-state index contributed by atoms with van der Waals surface area (Å²) in [6, 6.07) is 6.08. The van der Waals surface area contributed by atoms with Crippen LogP contribution in [0.2, 0.25) is 0 Å². The van der Waals surface area contributed by atoms with Crippen LogP contribution in [0.4, 0.5) is 0 Å². The summed E-state index contributed by atoms with van der Waals surface area (Å²) in [5.74, 6) is 0. The van der Waals surface area contributed by atoms with Crippen molar-refractivity contribution in [1.82, 2.24) is 0 Å². The van der Waals surface area contributed by atoms with Crippen molar-refractivity contribution in [3.63, 3.8) is 0 Å². The van der Waals surface area contributed by atoms with Gasteiger partial charge in [-0.3, -0.25) is 0 Å². The second kappa shape index (κ2) is 4.98. The highest BCUT2D eigenvalue weighted by molar-refractivity contribution is 9.12. The number of nitrogens with two attached hydrogens (primary N) is 1. The molecule has 0 saturated heterocycles. The van der Waals surface area contributed by atoms with Gasteiger partial charge in [0.15, 0.2) is 0 Å². The maximum Gasteiger partial charge on any atom is 0.0761 e. The number of hydrogen-bond donors (Lipinski definition) is 1. The Hall–Kier alpha value is 0.800. The van der Waals surface area contributed by atoms with Crippen LogP contribution in [-0.2, 0) is 0 Å². The average Bonchev–Trinajstić information content (AvgIpc) is 2.71. The highest BCUT2D eigenvalue weighted by atomic mass is 79.9. The van der Waals surface area contributed by atoms with Crippen molar-refractivity contribution in [2.24, 2.45) is 5.73 Å². The van der Waals surface area contributed by atoms with Gasteiger partial charge in [-0.15, -0.1) is 22.7 Å². The maximum absolute atomic E-state index is 6.19. The SMILES string of the molecule is NC(c1ccc(Br)s1)c1cc(Br)sc1Br. The van der Waals surface area contributed by atoms with Gasteiger partial charge in [-0.1, -0.05) is 0 Å². The van der Waals surface area contributed by atoms with Crippen LogP contribution in [0.25, 0.3) is 0 Å². The van der Waals surface area contributed by atoms with Gasteiger partial charge in [0, 0.05) is 10.4 Å². The summed E-state index contributed by atoms with van der Waals surface area (Å²) in [7, 11) is 0. The molecule has 1 unspecified atom stereocenters. The molecule has 1 nitrogen and oxygen atoms in total. The largest absolute Gasteiger partial charge is 0.320 e. The molecule has 0 aromatic carbocycles. The van der Waals surface area contributed by atoms with Gasteiger partial charge in [-0.25, -0.2) is 0 Å². The summed E-state index contributed by atoms with van der Waals surface area (Å²) < 4.78 is 3.29. The quantitative estimate of drug-likeness (QED) is 0.699. The predicted molar refractivity (Wildman–Crippen MR) is 77.8 cm³/mol. The van der Waals surface area contributed by atoms with E-state index in [0.29, 0.717) is 0 Å². The van der Waals surface area contributed by atoms with E-state index in [1.807, 2.05) is 6.07 Å². The minimum Gasteiger partial charge on any atom is -0.320 e. The smallest absolute Gasteiger partial charge is 0.0761 e. The van der Waals surface area contributed by atoms with Crippen molar-refractivity contribution in [3.8, 4) is 0 Å². The molecular weight excluding hydrogens is 426 g/mol. The van der Waals surface area contributed by atoms with Crippen LogP contribution in [-0.4, -0.2) is 0 Å². The summed E-state index contributed by atoms with van der Waals surface area (Å²) in [6.45, 7) is 0. The normalized spacial score (nSPS) is 13.1. The molecule has 0 spiro atoms. The first-order chi connectivity index (χ1) is 7.08. The molecule has 2 aromatic heterocycles. The number of rotatable bonds is 2. The summed E-state index contributed by atoms with van der Waals surface area (Å²) in [5.41, 5.74) is 7.32. The fraction of sp³-hybridized carbons (Fsp3) is 0.111. The van der Waals surface area contributed by atoms with Crippen LogP contribution in [0.1, 0.15) is 16.5 Å². The molecule has 2 rings (SSSR count). The lowest BCUT2D eigenvalue weighted by molar-refractivity contribution is 0.894. The summed E-state index contributed by atoms with van der Waals surface area (Å²) in [5, 5.41) is 0. The van der Waals surface area contributed by atoms with Gasteiger partial charge in [0.25, 0.3) is 0 Å². The Morgan fingerprint density at radius 2 is 1.80 bits per heavy atom. The van der Waals surface area contributed by atoms with E-state index < -0.39 is 0 Å². The second-order valence-corrected chi connectivity index (χ2v) is 9.14. The van der Waals surface area contributed by atoms with E-state index in [-0.39, 0.29) is 6.04 Å². The highest BCUT2D eigenvalue weighted by Gasteiger charge is 2.16. The predicted octanol–water partition coefficient (Wildman–Crippen LogP) is 5.15. The Morgan fingerprint density at radius 3 is 2.27 bits per heavy atom. The van der Waals surface area contributed by atoms with Gasteiger partial charge >= 0.3 is 0 Å². The Kier molecular flexibility index (Phi) is 4.07. The van der Waals surface area contributed by atoms with Gasteiger partial charge in [-0.2, -0.15) is 0 Å². The van der Waals surface area contributed by atoms with E-state index in [1.54, 1.807) is 22.7 Å². The lowest BCUT2D eigenvalue weighted by Crippen LogP contribution is -2.09. The number of hydrogen-bond acceptors (Lipinski definition) is 3. The van der Waals surface area contributed by atoms with Gasteiger partial charge < -0.3 is 5.73 Å². The molecule has 15 heavy (non-hydrogen) atoms. The second-order valence-electron chi connectivity index (χ2n) is 2.90. The van der Waals surface area contributed by atoms with Crippen molar-refractivity contribution >= 4 is 70.5 Å². The molecule has 6 heteroatoms. The van der Waals surface area contributed by atoms with Gasteiger partial charge in [-0.05, 0) is 66.0 Å². The molecule has 0 radical (unpaired) electrons. The molecule has 2 aromatic rings. The molecule has 0 aliphatic heterocycles. The van der Waals surface area contributed by atoms with Crippen molar-refractivity contribution in [2.45, 2.75) is 6.04 Å². The third kappa shape index (κ3) is 2.73. The fourth-order valence-corrected chi connectivity index (χ4v) is 5.59. The Labute approximate surface area is 121 Å². The van der Waals surface area contributed by atoms with E-state index in [2.05, 4.69) is 59.9 Å². The fourth-order valence-electron chi connectivity index (χ4n) is 1.21. The molecular formula is C9H6Br3NS2.